The second-order valence-electron chi connectivity index (χ2n) is 5.65. The van der Waals surface area contributed by atoms with E-state index in [0.717, 1.165) is 37.5 Å². The topological polar surface area (TPSA) is 43.8 Å². The predicted octanol–water partition coefficient (Wildman–Crippen LogP) is 3.48. The number of hydrogen-bond acceptors (Lipinski definition) is 3. The van der Waals surface area contributed by atoms with Crippen molar-refractivity contribution in [1.29, 1.82) is 0 Å². The van der Waals surface area contributed by atoms with E-state index in [-0.39, 0.29) is 0 Å². The monoisotopic (exact) mass is 372 g/mol. The number of benzene rings is 1. The third kappa shape index (κ3) is 6.45. The lowest BCUT2D eigenvalue weighted by atomic mass is 10.1. The Bertz CT molecular complexity index is 571. The van der Waals surface area contributed by atoms with Crippen molar-refractivity contribution in [2.24, 2.45) is 0 Å². The summed E-state index contributed by atoms with van der Waals surface area (Å²) in [6, 6.07) is 5.75. The third-order valence-electron chi connectivity index (χ3n) is 3.60. The largest absolute Gasteiger partial charge is 0.490 e. The minimum atomic E-state index is -5.08. The van der Waals surface area contributed by atoms with E-state index < -0.39 is 23.9 Å². The summed E-state index contributed by atoms with van der Waals surface area (Å²) in [4.78, 5) is 13.3. The van der Waals surface area contributed by atoms with Gasteiger partial charge in [-0.2, -0.15) is 26.3 Å². The van der Waals surface area contributed by atoms with Gasteiger partial charge in [0.2, 0.25) is 0 Å². The van der Waals surface area contributed by atoms with E-state index in [1.54, 1.807) is 12.1 Å². The second kappa shape index (κ2) is 7.94. The molecule has 0 bridgehead atoms. The van der Waals surface area contributed by atoms with Crippen molar-refractivity contribution < 1.29 is 36.2 Å². The Kier molecular flexibility index (Phi) is 6.69. The van der Waals surface area contributed by atoms with E-state index in [1.165, 1.54) is 0 Å². The molecular weight excluding hydrogens is 354 g/mol. The van der Waals surface area contributed by atoms with Crippen LogP contribution < -0.4 is 4.90 Å². The highest BCUT2D eigenvalue weighted by Crippen LogP contribution is 2.31. The molecule has 1 N–H and O–H groups in total. The molecule has 25 heavy (non-hydrogen) atoms. The molecule has 0 saturated carbocycles. The Labute approximate surface area is 140 Å². The fraction of sp³-hybridized carbons (Fsp3) is 0.533. The summed E-state index contributed by atoms with van der Waals surface area (Å²) in [6.45, 7) is 4.81. The van der Waals surface area contributed by atoms with Crippen molar-refractivity contribution in [2.45, 2.75) is 25.3 Å². The molecule has 1 atom stereocenters. The molecule has 0 spiro atoms. The molecule has 1 aromatic carbocycles. The first kappa shape index (κ1) is 21.1. The first-order valence-electron chi connectivity index (χ1n) is 7.25. The summed E-state index contributed by atoms with van der Waals surface area (Å²) >= 11 is 0. The van der Waals surface area contributed by atoms with Crippen molar-refractivity contribution >= 4 is 11.7 Å². The summed E-state index contributed by atoms with van der Waals surface area (Å²) in [6.07, 6.45) is -9.34. The Hall–Kier alpha value is -1.97. The van der Waals surface area contributed by atoms with Gasteiger partial charge >= 0.3 is 18.3 Å². The van der Waals surface area contributed by atoms with Gasteiger partial charge in [0, 0.05) is 31.4 Å². The number of anilines is 1. The number of carboxylic acid groups (broad SMARTS) is 1. The molecule has 4 nitrogen and oxygen atoms in total. The first-order valence-corrected chi connectivity index (χ1v) is 7.25. The molecule has 1 heterocycles. The highest BCUT2D eigenvalue weighted by Gasteiger charge is 2.38. The van der Waals surface area contributed by atoms with Crippen molar-refractivity contribution in [2.75, 3.05) is 31.6 Å². The molecule has 0 amide bonds. The molecule has 1 aliphatic heterocycles. The average molecular weight is 372 g/mol. The van der Waals surface area contributed by atoms with E-state index in [2.05, 4.69) is 23.8 Å². The highest BCUT2D eigenvalue weighted by atomic mass is 19.4. The molecule has 142 valence electrons. The van der Waals surface area contributed by atoms with Crippen LogP contribution in [0, 0.1) is 0 Å². The normalized spacial score (nSPS) is 19.2. The number of halogens is 6. The van der Waals surface area contributed by atoms with Crippen molar-refractivity contribution in [3.63, 3.8) is 0 Å². The zero-order valence-electron chi connectivity index (χ0n) is 13.5. The van der Waals surface area contributed by atoms with Gasteiger partial charge in [-0.1, -0.05) is 0 Å². The summed E-state index contributed by atoms with van der Waals surface area (Å²) in [5.41, 5.74) is 0.275. The number of nitrogens with zero attached hydrogens (tertiary/aromatic N) is 2. The van der Waals surface area contributed by atoms with E-state index in [9.17, 15) is 26.3 Å². The Morgan fingerprint density at radius 2 is 1.56 bits per heavy atom. The quantitative estimate of drug-likeness (QED) is 0.767. The van der Waals surface area contributed by atoms with Crippen molar-refractivity contribution in [1.82, 2.24) is 4.90 Å². The van der Waals surface area contributed by atoms with Crippen LogP contribution in [0.2, 0.25) is 0 Å². The van der Waals surface area contributed by atoms with Crippen LogP contribution in [0.5, 0.6) is 0 Å². The summed E-state index contributed by atoms with van der Waals surface area (Å²) in [7, 11) is 2.06. The van der Waals surface area contributed by atoms with Gasteiger partial charge < -0.3 is 14.9 Å². The summed E-state index contributed by atoms with van der Waals surface area (Å²) in [5, 5.41) is 7.12. The zero-order chi connectivity index (χ0) is 19.4. The molecule has 0 unspecified atom stereocenters. The average Bonchev–Trinajstić information content (AvgIpc) is 2.46. The SMILES string of the molecule is C[C@@H]1CN(C)CCN1c1ccc(C(F)(F)F)cc1.O=C(O)C(F)(F)F. The number of alkyl halides is 6. The molecule has 2 rings (SSSR count). The van der Waals surface area contributed by atoms with Crippen LogP contribution in [0.3, 0.4) is 0 Å². The zero-order valence-corrected chi connectivity index (χ0v) is 13.5. The Balaban J connectivity index is 0.000000381. The number of aliphatic carboxylic acids is 1. The maximum Gasteiger partial charge on any atom is 0.490 e. The molecule has 1 aliphatic rings. The Morgan fingerprint density at radius 1 is 1.08 bits per heavy atom. The van der Waals surface area contributed by atoms with Crippen LogP contribution in [0.25, 0.3) is 0 Å². The number of likely N-dealkylation sites (N-methyl/N-ethyl adjacent to an activating group) is 1. The maximum atomic E-state index is 12.5. The van der Waals surface area contributed by atoms with Crippen molar-refractivity contribution in [3.05, 3.63) is 29.8 Å². The number of hydrogen-bond donors (Lipinski definition) is 1. The lowest BCUT2D eigenvalue weighted by Gasteiger charge is -2.39. The minimum absolute atomic E-state index is 0.320. The van der Waals surface area contributed by atoms with Gasteiger partial charge in [0.05, 0.1) is 5.56 Å². The number of carbonyl (C=O) groups is 1. The van der Waals surface area contributed by atoms with Gasteiger partial charge in [-0.15, -0.1) is 0 Å². The molecule has 1 aromatic rings. The summed E-state index contributed by atoms with van der Waals surface area (Å²) in [5.74, 6) is -2.76. The van der Waals surface area contributed by atoms with Gasteiger partial charge in [-0.3, -0.25) is 0 Å². The van der Waals surface area contributed by atoms with Crippen LogP contribution >= 0.6 is 0 Å². The smallest absolute Gasteiger partial charge is 0.475 e. The van der Waals surface area contributed by atoms with Crippen molar-refractivity contribution in [3.8, 4) is 0 Å². The second-order valence-corrected chi connectivity index (χ2v) is 5.65. The molecule has 0 radical (unpaired) electrons. The molecule has 1 fully saturated rings. The predicted molar refractivity (Wildman–Crippen MR) is 79.4 cm³/mol. The van der Waals surface area contributed by atoms with Gasteiger partial charge in [-0.25, -0.2) is 4.79 Å². The minimum Gasteiger partial charge on any atom is -0.475 e. The van der Waals surface area contributed by atoms with E-state index in [0.29, 0.717) is 6.04 Å². The molecule has 0 aliphatic carbocycles. The fourth-order valence-corrected chi connectivity index (χ4v) is 2.37. The number of piperazine rings is 1. The van der Waals surface area contributed by atoms with Crippen LogP contribution in [0.4, 0.5) is 32.0 Å². The first-order chi connectivity index (χ1) is 11.3. The van der Waals surface area contributed by atoms with E-state index in [4.69, 9.17) is 9.90 Å². The van der Waals surface area contributed by atoms with E-state index >= 15 is 0 Å². The maximum absolute atomic E-state index is 12.5. The van der Waals surface area contributed by atoms with Crippen LogP contribution in [-0.2, 0) is 11.0 Å². The number of rotatable bonds is 1. The van der Waals surface area contributed by atoms with E-state index in [1.807, 2.05) is 0 Å². The molecule has 1 saturated heterocycles. The van der Waals surface area contributed by atoms with Crippen LogP contribution in [0.15, 0.2) is 24.3 Å². The van der Waals surface area contributed by atoms with Gasteiger partial charge in [0.15, 0.2) is 0 Å². The van der Waals surface area contributed by atoms with Gasteiger partial charge in [0.1, 0.15) is 0 Å². The third-order valence-corrected chi connectivity index (χ3v) is 3.60. The fourth-order valence-electron chi connectivity index (χ4n) is 2.37. The summed E-state index contributed by atoms with van der Waals surface area (Å²) < 4.78 is 69.1. The van der Waals surface area contributed by atoms with Gasteiger partial charge in [0.25, 0.3) is 0 Å². The molecule has 0 aromatic heterocycles. The lowest BCUT2D eigenvalue weighted by molar-refractivity contribution is -0.192. The molecule has 10 heteroatoms. The molecular formula is C15H18F6N2O2. The number of carboxylic acids is 1. The van der Waals surface area contributed by atoms with Gasteiger partial charge in [-0.05, 0) is 38.2 Å². The highest BCUT2D eigenvalue weighted by molar-refractivity contribution is 5.73. The lowest BCUT2D eigenvalue weighted by Crippen LogP contribution is -2.50. The van der Waals surface area contributed by atoms with Crippen LogP contribution in [0.1, 0.15) is 12.5 Å². The Morgan fingerprint density at radius 3 is 1.92 bits per heavy atom. The van der Waals surface area contributed by atoms with Crippen LogP contribution in [-0.4, -0.2) is 54.9 Å². The standard InChI is InChI=1S/C13H17F3N2.C2HF3O2/c1-10-9-17(2)7-8-18(10)12-5-3-11(4-6-12)13(14,15)16;3-2(4,5)1(6)7/h3-6,10H,7-9H2,1-2H3;(H,6,7)/t10-;/m1./s1.